The van der Waals surface area contributed by atoms with Crippen LogP contribution in [0.15, 0.2) is 24.3 Å². The third-order valence-electron chi connectivity index (χ3n) is 3.63. The molecule has 1 aromatic carbocycles. The van der Waals surface area contributed by atoms with Crippen LogP contribution in [-0.4, -0.2) is 29.7 Å². The summed E-state index contributed by atoms with van der Waals surface area (Å²) in [6.45, 7) is 2.10. The maximum Gasteiger partial charge on any atom is 0.322 e. The molecule has 0 atom stereocenters. The quantitative estimate of drug-likeness (QED) is 0.868. The highest BCUT2D eigenvalue weighted by Crippen LogP contribution is 2.22. The zero-order valence-electron chi connectivity index (χ0n) is 11.6. The second-order valence-electron chi connectivity index (χ2n) is 5.16. The first-order valence-electron chi connectivity index (χ1n) is 6.93. The fourth-order valence-corrected chi connectivity index (χ4v) is 2.21. The molecule has 2 N–H and O–H groups in total. The molecule has 0 aromatic heterocycles. The highest BCUT2D eigenvalue weighted by molar-refractivity contribution is 5.93. The van der Waals surface area contributed by atoms with Crippen molar-refractivity contribution in [3.8, 4) is 0 Å². The van der Waals surface area contributed by atoms with Gasteiger partial charge in [0, 0.05) is 18.3 Å². The number of carbonyl (C=O) groups is 2. The standard InChI is InChI=1S/C15H20N2O3/c1-11-5-2-3-8-13(11)17(10-9-14(18)19)15(20)16-12-6-4-7-12/h2-3,5,8,12H,4,6-7,9-10H2,1H3,(H,16,20)(H,18,19). The van der Waals surface area contributed by atoms with Gasteiger partial charge in [0.2, 0.25) is 0 Å². The lowest BCUT2D eigenvalue weighted by Crippen LogP contribution is -2.48. The van der Waals surface area contributed by atoms with E-state index in [0.717, 1.165) is 30.5 Å². The Morgan fingerprint density at radius 1 is 1.35 bits per heavy atom. The van der Waals surface area contributed by atoms with E-state index < -0.39 is 5.97 Å². The fraction of sp³-hybridized carbons (Fsp3) is 0.467. The van der Waals surface area contributed by atoms with Gasteiger partial charge in [-0.2, -0.15) is 0 Å². The van der Waals surface area contributed by atoms with Crippen molar-refractivity contribution in [3.63, 3.8) is 0 Å². The van der Waals surface area contributed by atoms with Crippen molar-refractivity contribution in [2.24, 2.45) is 0 Å². The predicted molar refractivity (Wildman–Crippen MR) is 76.9 cm³/mol. The number of para-hydroxylation sites is 1. The van der Waals surface area contributed by atoms with Crippen molar-refractivity contribution in [2.75, 3.05) is 11.4 Å². The van der Waals surface area contributed by atoms with Crippen LogP contribution in [0.4, 0.5) is 10.5 Å². The summed E-state index contributed by atoms with van der Waals surface area (Å²) in [6.07, 6.45) is 3.09. The van der Waals surface area contributed by atoms with Gasteiger partial charge in [0.25, 0.3) is 0 Å². The molecule has 0 unspecified atom stereocenters. The zero-order valence-corrected chi connectivity index (χ0v) is 11.6. The minimum atomic E-state index is -0.903. The van der Waals surface area contributed by atoms with Crippen molar-refractivity contribution in [1.82, 2.24) is 5.32 Å². The van der Waals surface area contributed by atoms with Gasteiger partial charge in [-0.1, -0.05) is 18.2 Å². The Morgan fingerprint density at radius 3 is 2.60 bits per heavy atom. The summed E-state index contributed by atoms with van der Waals surface area (Å²) in [5, 5.41) is 11.8. The molecule has 108 valence electrons. The molecule has 0 saturated heterocycles. The normalized spacial score (nSPS) is 14.4. The van der Waals surface area contributed by atoms with Gasteiger partial charge in [0.15, 0.2) is 0 Å². The monoisotopic (exact) mass is 276 g/mol. The number of aliphatic carboxylic acids is 1. The number of hydrogen-bond acceptors (Lipinski definition) is 2. The van der Waals surface area contributed by atoms with Gasteiger partial charge in [-0.05, 0) is 37.8 Å². The number of nitrogens with zero attached hydrogens (tertiary/aromatic N) is 1. The van der Waals surface area contributed by atoms with Crippen molar-refractivity contribution < 1.29 is 14.7 Å². The number of benzene rings is 1. The smallest absolute Gasteiger partial charge is 0.322 e. The third kappa shape index (κ3) is 3.50. The lowest BCUT2D eigenvalue weighted by atomic mass is 9.93. The summed E-state index contributed by atoms with van der Waals surface area (Å²) in [5.41, 5.74) is 1.73. The number of nitrogens with one attached hydrogen (secondary N) is 1. The third-order valence-corrected chi connectivity index (χ3v) is 3.63. The summed E-state index contributed by atoms with van der Waals surface area (Å²) < 4.78 is 0. The van der Waals surface area contributed by atoms with Crippen LogP contribution in [0.2, 0.25) is 0 Å². The number of hydrogen-bond donors (Lipinski definition) is 2. The van der Waals surface area contributed by atoms with E-state index >= 15 is 0 Å². The molecule has 0 bridgehead atoms. The number of carboxylic acids is 1. The molecule has 1 aromatic rings. The van der Waals surface area contributed by atoms with E-state index in [0.29, 0.717) is 0 Å². The lowest BCUT2D eigenvalue weighted by Gasteiger charge is -2.31. The van der Waals surface area contributed by atoms with Crippen molar-refractivity contribution >= 4 is 17.7 Å². The fourth-order valence-electron chi connectivity index (χ4n) is 2.21. The van der Waals surface area contributed by atoms with E-state index in [1.165, 1.54) is 4.90 Å². The molecule has 20 heavy (non-hydrogen) atoms. The van der Waals surface area contributed by atoms with Crippen LogP contribution in [-0.2, 0) is 4.79 Å². The maximum absolute atomic E-state index is 12.3. The second-order valence-corrected chi connectivity index (χ2v) is 5.16. The number of aryl methyl sites for hydroxylation is 1. The predicted octanol–water partition coefficient (Wildman–Crippen LogP) is 2.54. The Hall–Kier alpha value is -2.04. The lowest BCUT2D eigenvalue weighted by molar-refractivity contribution is -0.136. The summed E-state index contributed by atoms with van der Waals surface area (Å²) in [6, 6.07) is 7.55. The minimum absolute atomic E-state index is 0.0631. The van der Waals surface area contributed by atoms with Crippen LogP contribution in [0.25, 0.3) is 0 Å². The SMILES string of the molecule is Cc1ccccc1N(CCC(=O)O)C(=O)NC1CCC1. The molecule has 0 heterocycles. The highest BCUT2D eigenvalue weighted by atomic mass is 16.4. The molecule has 1 fully saturated rings. The second kappa shape index (κ2) is 6.41. The van der Waals surface area contributed by atoms with Gasteiger partial charge < -0.3 is 10.4 Å². The molecule has 1 saturated carbocycles. The van der Waals surface area contributed by atoms with Gasteiger partial charge in [0.1, 0.15) is 0 Å². The average molecular weight is 276 g/mol. The number of amides is 2. The van der Waals surface area contributed by atoms with E-state index in [4.69, 9.17) is 5.11 Å². The van der Waals surface area contributed by atoms with Crippen LogP contribution >= 0.6 is 0 Å². The van der Waals surface area contributed by atoms with Gasteiger partial charge in [-0.25, -0.2) is 4.79 Å². The molecule has 5 nitrogen and oxygen atoms in total. The Balaban J connectivity index is 2.12. The topological polar surface area (TPSA) is 69.6 Å². The Labute approximate surface area is 118 Å². The van der Waals surface area contributed by atoms with E-state index in [-0.39, 0.29) is 25.0 Å². The van der Waals surface area contributed by atoms with E-state index in [1.54, 1.807) is 0 Å². The largest absolute Gasteiger partial charge is 0.481 e. The van der Waals surface area contributed by atoms with E-state index in [9.17, 15) is 9.59 Å². The molecule has 0 spiro atoms. The number of carboxylic acid groups (broad SMARTS) is 1. The van der Waals surface area contributed by atoms with Crippen molar-refractivity contribution in [1.29, 1.82) is 0 Å². The molecule has 1 aliphatic carbocycles. The molecule has 2 rings (SSSR count). The van der Waals surface area contributed by atoms with Crippen LogP contribution in [0, 0.1) is 6.92 Å². The molecule has 1 aliphatic rings. The Kier molecular flexibility index (Phi) is 4.61. The molecule has 2 amide bonds. The average Bonchev–Trinajstić information content (AvgIpc) is 2.36. The summed E-state index contributed by atoms with van der Waals surface area (Å²) in [7, 11) is 0. The highest BCUT2D eigenvalue weighted by Gasteiger charge is 2.24. The summed E-state index contributed by atoms with van der Waals surface area (Å²) in [5.74, 6) is -0.903. The number of rotatable bonds is 5. The van der Waals surface area contributed by atoms with Gasteiger partial charge >= 0.3 is 12.0 Å². The molecular formula is C15H20N2O3. The molecule has 5 heteroatoms. The number of urea groups is 1. The number of anilines is 1. The van der Waals surface area contributed by atoms with Crippen LogP contribution < -0.4 is 10.2 Å². The summed E-state index contributed by atoms with van der Waals surface area (Å²) in [4.78, 5) is 24.6. The van der Waals surface area contributed by atoms with Crippen LogP contribution in [0.5, 0.6) is 0 Å². The van der Waals surface area contributed by atoms with Gasteiger partial charge in [-0.3, -0.25) is 9.69 Å². The van der Waals surface area contributed by atoms with Crippen molar-refractivity contribution in [3.05, 3.63) is 29.8 Å². The minimum Gasteiger partial charge on any atom is -0.481 e. The van der Waals surface area contributed by atoms with Crippen LogP contribution in [0.1, 0.15) is 31.2 Å². The first kappa shape index (κ1) is 14.4. The zero-order chi connectivity index (χ0) is 14.5. The molecule has 0 radical (unpaired) electrons. The summed E-state index contributed by atoms with van der Waals surface area (Å²) >= 11 is 0. The van der Waals surface area contributed by atoms with Crippen LogP contribution in [0.3, 0.4) is 0 Å². The van der Waals surface area contributed by atoms with E-state index in [1.807, 2.05) is 31.2 Å². The maximum atomic E-state index is 12.3. The van der Waals surface area contributed by atoms with Gasteiger partial charge in [-0.15, -0.1) is 0 Å². The molecule has 0 aliphatic heterocycles. The Bertz CT molecular complexity index is 498. The first-order valence-corrected chi connectivity index (χ1v) is 6.93. The van der Waals surface area contributed by atoms with Crippen molar-refractivity contribution in [2.45, 2.75) is 38.6 Å². The molecular weight excluding hydrogens is 256 g/mol. The van der Waals surface area contributed by atoms with Gasteiger partial charge in [0.05, 0.1) is 6.42 Å². The first-order chi connectivity index (χ1) is 9.58. The Morgan fingerprint density at radius 2 is 2.05 bits per heavy atom. The van der Waals surface area contributed by atoms with E-state index in [2.05, 4.69) is 5.32 Å². The number of carbonyl (C=O) groups excluding carboxylic acids is 1.